The van der Waals surface area contributed by atoms with Crippen LogP contribution in [0.2, 0.25) is 0 Å². The van der Waals surface area contributed by atoms with Crippen molar-refractivity contribution in [1.29, 1.82) is 0 Å². The fraction of sp³-hybridized carbons (Fsp3) is 0.333. The maximum atomic E-state index is 13.3. The molecular weight excluding hydrogens is 380 g/mol. The SMILES string of the molecule is Fc1ccc(NC(=S)NCCc2ccc3c(n2)NCCC3)cc1C(F)(F)F. The predicted octanol–water partition coefficient (Wildman–Crippen LogP) is 4.13. The van der Waals surface area contributed by atoms with Crippen molar-refractivity contribution in [1.82, 2.24) is 10.3 Å². The average Bonchev–Trinajstić information content (AvgIpc) is 2.62. The van der Waals surface area contributed by atoms with E-state index in [-0.39, 0.29) is 10.8 Å². The number of nitrogens with one attached hydrogen (secondary N) is 3. The number of anilines is 2. The first-order valence-electron chi connectivity index (χ1n) is 8.47. The molecule has 0 atom stereocenters. The Morgan fingerprint density at radius 3 is 2.81 bits per heavy atom. The van der Waals surface area contributed by atoms with Crippen LogP contribution in [0, 0.1) is 5.82 Å². The quantitative estimate of drug-likeness (QED) is 0.534. The van der Waals surface area contributed by atoms with Gasteiger partial charge >= 0.3 is 6.18 Å². The van der Waals surface area contributed by atoms with Gasteiger partial charge in [0.1, 0.15) is 11.6 Å². The average molecular weight is 398 g/mol. The van der Waals surface area contributed by atoms with Crippen LogP contribution in [0.15, 0.2) is 30.3 Å². The summed E-state index contributed by atoms with van der Waals surface area (Å²) < 4.78 is 51.5. The van der Waals surface area contributed by atoms with Gasteiger partial charge < -0.3 is 16.0 Å². The highest BCUT2D eigenvalue weighted by molar-refractivity contribution is 7.80. The summed E-state index contributed by atoms with van der Waals surface area (Å²) in [5.74, 6) is -0.413. The molecule has 1 aliphatic heterocycles. The van der Waals surface area contributed by atoms with E-state index < -0.39 is 17.6 Å². The molecule has 0 saturated carbocycles. The third kappa shape index (κ3) is 5.06. The van der Waals surface area contributed by atoms with Gasteiger partial charge in [-0.1, -0.05) is 6.07 Å². The van der Waals surface area contributed by atoms with Gasteiger partial charge in [-0.05, 0) is 54.9 Å². The molecule has 0 amide bonds. The minimum absolute atomic E-state index is 0.0670. The number of alkyl halides is 3. The standard InChI is InChI=1S/C18H18F4N4S/c19-15-6-5-13(10-14(15)18(20,21)22)26-17(27)24-9-7-12-4-3-11-2-1-8-23-16(11)25-12/h3-6,10H,1-2,7-9H2,(H,23,25)(H2,24,26,27). The lowest BCUT2D eigenvalue weighted by atomic mass is 10.1. The van der Waals surface area contributed by atoms with Gasteiger partial charge in [-0.3, -0.25) is 0 Å². The van der Waals surface area contributed by atoms with Crippen molar-refractivity contribution in [3.8, 4) is 0 Å². The summed E-state index contributed by atoms with van der Waals surface area (Å²) >= 11 is 5.09. The highest BCUT2D eigenvalue weighted by Gasteiger charge is 2.34. The maximum Gasteiger partial charge on any atom is 0.419 e. The molecule has 2 heterocycles. The first-order valence-corrected chi connectivity index (χ1v) is 8.88. The minimum atomic E-state index is -4.76. The molecule has 0 unspecified atom stereocenters. The van der Waals surface area contributed by atoms with Gasteiger partial charge in [0.15, 0.2) is 5.11 Å². The zero-order valence-corrected chi connectivity index (χ0v) is 15.1. The van der Waals surface area contributed by atoms with Gasteiger partial charge in [0.2, 0.25) is 0 Å². The molecule has 3 rings (SSSR count). The maximum absolute atomic E-state index is 13.3. The van der Waals surface area contributed by atoms with Crippen LogP contribution < -0.4 is 16.0 Å². The Morgan fingerprint density at radius 1 is 1.22 bits per heavy atom. The first-order chi connectivity index (χ1) is 12.8. The predicted molar refractivity (Wildman–Crippen MR) is 100 cm³/mol. The number of hydrogen-bond acceptors (Lipinski definition) is 3. The van der Waals surface area contributed by atoms with Gasteiger partial charge in [0.25, 0.3) is 0 Å². The molecule has 0 radical (unpaired) electrons. The molecule has 144 valence electrons. The molecule has 9 heteroatoms. The van der Waals surface area contributed by atoms with Crippen LogP contribution in [0.1, 0.15) is 23.2 Å². The van der Waals surface area contributed by atoms with E-state index >= 15 is 0 Å². The molecule has 0 bridgehead atoms. The van der Waals surface area contributed by atoms with E-state index in [1.807, 2.05) is 6.07 Å². The monoisotopic (exact) mass is 398 g/mol. The van der Waals surface area contributed by atoms with Crippen LogP contribution in [0.4, 0.5) is 29.1 Å². The van der Waals surface area contributed by atoms with Gasteiger partial charge in [-0.15, -0.1) is 0 Å². The highest BCUT2D eigenvalue weighted by atomic mass is 32.1. The van der Waals surface area contributed by atoms with E-state index in [9.17, 15) is 17.6 Å². The van der Waals surface area contributed by atoms with Crippen molar-refractivity contribution in [2.75, 3.05) is 23.7 Å². The number of benzene rings is 1. The van der Waals surface area contributed by atoms with Crippen LogP contribution in [-0.2, 0) is 19.0 Å². The van der Waals surface area contributed by atoms with Crippen LogP contribution in [0.25, 0.3) is 0 Å². The van der Waals surface area contributed by atoms with E-state index in [1.54, 1.807) is 0 Å². The topological polar surface area (TPSA) is 49.0 Å². The summed E-state index contributed by atoms with van der Waals surface area (Å²) in [6.07, 6.45) is -2.05. The van der Waals surface area contributed by atoms with Crippen molar-refractivity contribution in [2.45, 2.75) is 25.4 Å². The Hall–Kier alpha value is -2.42. The van der Waals surface area contributed by atoms with E-state index in [1.165, 1.54) is 11.6 Å². The fourth-order valence-corrected chi connectivity index (χ4v) is 3.03. The minimum Gasteiger partial charge on any atom is -0.370 e. The molecule has 0 fully saturated rings. The number of fused-ring (bicyclic) bond motifs is 1. The smallest absolute Gasteiger partial charge is 0.370 e. The molecule has 27 heavy (non-hydrogen) atoms. The van der Waals surface area contributed by atoms with Crippen LogP contribution >= 0.6 is 12.2 Å². The van der Waals surface area contributed by atoms with E-state index in [0.29, 0.717) is 19.0 Å². The third-order valence-electron chi connectivity index (χ3n) is 4.15. The lowest BCUT2D eigenvalue weighted by molar-refractivity contribution is -0.139. The second-order valence-electron chi connectivity index (χ2n) is 6.16. The molecule has 0 aliphatic carbocycles. The molecule has 0 spiro atoms. The largest absolute Gasteiger partial charge is 0.419 e. The summed E-state index contributed by atoms with van der Waals surface area (Å²) in [4.78, 5) is 4.56. The Balaban J connectivity index is 1.53. The lowest BCUT2D eigenvalue weighted by Crippen LogP contribution is -2.30. The number of pyridine rings is 1. The third-order valence-corrected chi connectivity index (χ3v) is 4.39. The van der Waals surface area contributed by atoms with Crippen molar-refractivity contribution < 1.29 is 17.6 Å². The number of aromatic nitrogens is 1. The van der Waals surface area contributed by atoms with E-state index in [2.05, 4.69) is 27.0 Å². The molecule has 0 saturated heterocycles. The molecule has 2 aromatic rings. The Kier molecular flexibility index (Phi) is 5.79. The van der Waals surface area contributed by atoms with Gasteiger partial charge in [-0.25, -0.2) is 9.37 Å². The second kappa shape index (κ2) is 8.08. The van der Waals surface area contributed by atoms with Gasteiger partial charge in [-0.2, -0.15) is 13.2 Å². The van der Waals surface area contributed by atoms with Crippen molar-refractivity contribution in [3.05, 3.63) is 53.0 Å². The normalized spacial score (nSPS) is 13.5. The number of hydrogen-bond donors (Lipinski definition) is 3. The number of rotatable bonds is 4. The fourth-order valence-electron chi connectivity index (χ4n) is 2.81. The lowest BCUT2D eigenvalue weighted by Gasteiger charge is -2.17. The van der Waals surface area contributed by atoms with E-state index in [0.717, 1.165) is 37.0 Å². The summed E-state index contributed by atoms with van der Waals surface area (Å²) in [6, 6.07) is 6.67. The Morgan fingerprint density at radius 2 is 2.04 bits per heavy atom. The van der Waals surface area contributed by atoms with Crippen LogP contribution in [-0.4, -0.2) is 23.2 Å². The Labute approximate surface area is 159 Å². The van der Waals surface area contributed by atoms with Crippen LogP contribution in [0.5, 0.6) is 0 Å². The zero-order valence-electron chi connectivity index (χ0n) is 14.3. The molecule has 1 aromatic heterocycles. The first kappa shape index (κ1) is 19.3. The summed E-state index contributed by atoms with van der Waals surface area (Å²) in [5.41, 5.74) is 0.824. The molecule has 4 nitrogen and oxygen atoms in total. The second-order valence-corrected chi connectivity index (χ2v) is 6.57. The zero-order chi connectivity index (χ0) is 19.4. The summed E-state index contributed by atoms with van der Waals surface area (Å²) in [6.45, 7) is 1.37. The van der Waals surface area contributed by atoms with Gasteiger partial charge in [0, 0.05) is 30.9 Å². The van der Waals surface area contributed by atoms with E-state index in [4.69, 9.17) is 12.2 Å². The van der Waals surface area contributed by atoms with Crippen molar-refractivity contribution >= 4 is 28.8 Å². The highest BCUT2D eigenvalue weighted by Crippen LogP contribution is 2.33. The Bertz CT molecular complexity index is 839. The number of thiocarbonyl (C=S) groups is 1. The number of halogens is 4. The number of aryl methyl sites for hydroxylation is 1. The molecule has 1 aromatic carbocycles. The molecule has 1 aliphatic rings. The molecule has 3 N–H and O–H groups in total. The van der Waals surface area contributed by atoms with Crippen LogP contribution in [0.3, 0.4) is 0 Å². The number of nitrogens with zero attached hydrogens (tertiary/aromatic N) is 1. The van der Waals surface area contributed by atoms with Crippen molar-refractivity contribution in [3.63, 3.8) is 0 Å². The van der Waals surface area contributed by atoms with Gasteiger partial charge in [0.05, 0.1) is 5.56 Å². The molecular formula is C18H18F4N4S. The van der Waals surface area contributed by atoms with Crippen molar-refractivity contribution in [2.24, 2.45) is 0 Å². The summed E-state index contributed by atoms with van der Waals surface area (Å²) in [7, 11) is 0. The summed E-state index contributed by atoms with van der Waals surface area (Å²) in [5, 5.41) is 8.98.